The van der Waals surface area contributed by atoms with Gasteiger partial charge in [-0.3, -0.25) is 4.79 Å². The molecule has 4 rings (SSSR count). The van der Waals surface area contributed by atoms with E-state index in [-0.39, 0.29) is 5.91 Å². The fraction of sp³-hybridized carbons (Fsp3) is 0.269. The van der Waals surface area contributed by atoms with Gasteiger partial charge in [-0.2, -0.15) is 0 Å². The smallest absolute Gasteiger partial charge is 0.251 e. The third kappa shape index (κ3) is 5.12. The molecule has 0 radical (unpaired) electrons. The fourth-order valence-electron chi connectivity index (χ4n) is 4.01. The number of carbonyl (C=O) groups excluding carboxylic acids is 1. The standard InChI is InChI=1S/C26H28N2O/c29-26(24-14-13-21-10-4-5-11-22(21)18-24)28-16-7-6-12-25-19-23(15-17-27-25)20-8-2-1-3-9-20/h1-5,8-11,13-15,18,25,27H,6-7,12,16-17,19H2,(H,28,29). The van der Waals surface area contributed by atoms with Crippen LogP contribution in [0.5, 0.6) is 0 Å². The molecule has 3 aromatic carbocycles. The summed E-state index contributed by atoms with van der Waals surface area (Å²) in [5.41, 5.74) is 3.51. The van der Waals surface area contributed by atoms with Crippen LogP contribution in [0.2, 0.25) is 0 Å². The van der Waals surface area contributed by atoms with Crippen LogP contribution < -0.4 is 10.6 Å². The minimum atomic E-state index is 0.0147. The molecule has 3 nitrogen and oxygen atoms in total. The number of nitrogens with one attached hydrogen (secondary N) is 2. The normalized spacial score (nSPS) is 16.4. The monoisotopic (exact) mass is 384 g/mol. The van der Waals surface area contributed by atoms with Crippen LogP contribution >= 0.6 is 0 Å². The minimum Gasteiger partial charge on any atom is -0.352 e. The lowest BCUT2D eigenvalue weighted by molar-refractivity contribution is 0.0953. The predicted molar refractivity (Wildman–Crippen MR) is 121 cm³/mol. The number of benzene rings is 3. The third-order valence-corrected chi connectivity index (χ3v) is 5.64. The van der Waals surface area contributed by atoms with Crippen molar-refractivity contribution in [3.63, 3.8) is 0 Å². The number of fused-ring (bicyclic) bond motifs is 1. The molecule has 3 aromatic rings. The van der Waals surface area contributed by atoms with Gasteiger partial charge in [0.2, 0.25) is 0 Å². The van der Waals surface area contributed by atoms with E-state index in [0.717, 1.165) is 55.1 Å². The molecule has 1 unspecified atom stereocenters. The van der Waals surface area contributed by atoms with Crippen molar-refractivity contribution in [3.05, 3.63) is 90.0 Å². The van der Waals surface area contributed by atoms with Gasteiger partial charge >= 0.3 is 0 Å². The Hall–Kier alpha value is -2.91. The van der Waals surface area contributed by atoms with Crippen LogP contribution in [0.25, 0.3) is 16.3 Å². The van der Waals surface area contributed by atoms with E-state index >= 15 is 0 Å². The van der Waals surface area contributed by atoms with Gasteiger partial charge in [-0.1, -0.05) is 73.2 Å². The first-order valence-electron chi connectivity index (χ1n) is 10.5. The summed E-state index contributed by atoms with van der Waals surface area (Å²) in [6.07, 6.45) is 6.62. The van der Waals surface area contributed by atoms with E-state index < -0.39 is 0 Å². The first-order valence-corrected chi connectivity index (χ1v) is 10.5. The summed E-state index contributed by atoms with van der Waals surface area (Å²) in [4.78, 5) is 12.4. The number of unbranched alkanes of at least 4 members (excludes halogenated alkanes) is 1. The molecular formula is C26H28N2O. The van der Waals surface area contributed by atoms with Crippen LogP contribution in [0.4, 0.5) is 0 Å². The van der Waals surface area contributed by atoms with Gasteiger partial charge in [0, 0.05) is 24.7 Å². The number of carbonyl (C=O) groups is 1. The maximum atomic E-state index is 12.4. The maximum Gasteiger partial charge on any atom is 0.251 e. The number of rotatable bonds is 7. The Bertz CT molecular complexity index is 994. The van der Waals surface area contributed by atoms with E-state index in [1.54, 1.807) is 0 Å². The summed E-state index contributed by atoms with van der Waals surface area (Å²) >= 11 is 0. The highest BCUT2D eigenvalue weighted by Gasteiger charge is 2.15. The highest BCUT2D eigenvalue weighted by Crippen LogP contribution is 2.24. The van der Waals surface area contributed by atoms with Crippen molar-refractivity contribution in [2.75, 3.05) is 13.1 Å². The molecule has 1 atom stereocenters. The Kier molecular flexibility index (Phi) is 6.38. The molecule has 1 aliphatic rings. The van der Waals surface area contributed by atoms with Crippen molar-refractivity contribution in [1.29, 1.82) is 0 Å². The summed E-state index contributed by atoms with van der Waals surface area (Å²) in [5, 5.41) is 8.93. The molecule has 0 spiro atoms. The molecule has 0 fully saturated rings. The zero-order chi connectivity index (χ0) is 19.9. The van der Waals surface area contributed by atoms with E-state index in [4.69, 9.17) is 0 Å². The number of hydrogen-bond acceptors (Lipinski definition) is 2. The van der Waals surface area contributed by atoms with Gasteiger partial charge in [0.1, 0.15) is 0 Å². The molecule has 1 aliphatic heterocycles. The molecular weight excluding hydrogens is 356 g/mol. The molecule has 0 saturated heterocycles. The summed E-state index contributed by atoms with van der Waals surface area (Å²) in [6, 6.07) is 25.2. The van der Waals surface area contributed by atoms with E-state index in [1.807, 2.05) is 36.4 Å². The van der Waals surface area contributed by atoms with Crippen molar-refractivity contribution in [1.82, 2.24) is 10.6 Å². The van der Waals surface area contributed by atoms with Crippen LogP contribution in [0, 0.1) is 0 Å². The van der Waals surface area contributed by atoms with Gasteiger partial charge < -0.3 is 10.6 Å². The summed E-state index contributed by atoms with van der Waals surface area (Å²) in [5.74, 6) is 0.0147. The molecule has 0 aromatic heterocycles. The predicted octanol–water partition coefficient (Wildman–Crippen LogP) is 5.19. The highest BCUT2D eigenvalue weighted by molar-refractivity contribution is 5.98. The van der Waals surface area contributed by atoms with Crippen molar-refractivity contribution in [3.8, 4) is 0 Å². The Labute approximate surface area is 172 Å². The molecule has 1 amide bonds. The zero-order valence-corrected chi connectivity index (χ0v) is 16.7. The SMILES string of the molecule is O=C(NCCCCC1CC(c2ccccc2)=CCN1)c1ccc2ccccc2c1. The summed E-state index contributed by atoms with van der Waals surface area (Å²) < 4.78 is 0. The van der Waals surface area contributed by atoms with Gasteiger partial charge in [-0.05, 0) is 53.3 Å². The average Bonchev–Trinajstić information content (AvgIpc) is 2.79. The van der Waals surface area contributed by atoms with E-state index in [2.05, 4.69) is 53.1 Å². The van der Waals surface area contributed by atoms with Crippen LogP contribution in [0.1, 0.15) is 41.6 Å². The first-order chi connectivity index (χ1) is 14.3. The topological polar surface area (TPSA) is 41.1 Å². The Morgan fingerprint density at radius 1 is 0.931 bits per heavy atom. The lowest BCUT2D eigenvalue weighted by Gasteiger charge is -2.24. The second-order valence-corrected chi connectivity index (χ2v) is 7.72. The molecule has 0 aliphatic carbocycles. The van der Waals surface area contributed by atoms with Gasteiger partial charge in [-0.25, -0.2) is 0 Å². The molecule has 0 bridgehead atoms. The summed E-state index contributed by atoms with van der Waals surface area (Å²) in [6.45, 7) is 1.66. The second kappa shape index (κ2) is 9.53. The highest BCUT2D eigenvalue weighted by atomic mass is 16.1. The van der Waals surface area contributed by atoms with Crippen molar-refractivity contribution in [2.45, 2.75) is 31.7 Å². The average molecular weight is 385 g/mol. The van der Waals surface area contributed by atoms with E-state index in [1.165, 1.54) is 11.1 Å². The van der Waals surface area contributed by atoms with E-state index in [9.17, 15) is 4.79 Å². The molecule has 29 heavy (non-hydrogen) atoms. The maximum absolute atomic E-state index is 12.4. The van der Waals surface area contributed by atoms with Crippen LogP contribution in [0.15, 0.2) is 78.9 Å². The van der Waals surface area contributed by atoms with Crippen molar-refractivity contribution in [2.24, 2.45) is 0 Å². The van der Waals surface area contributed by atoms with Gasteiger partial charge in [0.15, 0.2) is 0 Å². The van der Waals surface area contributed by atoms with Gasteiger partial charge in [0.25, 0.3) is 5.91 Å². The van der Waals surface area contributed by atoms with E-state index in [0.29, 0.717) is 6.04 Å². The quantitative estimate of drug-likeness (QED) is 0.551. The van der Waals surface area contributed by atoms with Crippen LogP contribution in [-0.4, -0.2) is 25.0 Å². The first kappa shape index (κ1) is 19.4. The molecule has 1 heterocycles. The third-order valence-electron chi connectivity index (χ3n) is 5.64. The number of amides is 1. The fourth-order valence-corrected chi connectivity index (χ4v) is 4.01. The molecule has 148 valence electrons. The zero-order valence-electron chi connectivity index (χ0n) is 16.7. The van der Waals surface area contributed by atoms with Crippen molar-refractivity contribution >= 4 is 22.3 Å². The minimum absolute atomic E-state index is 0.0147. The van der Waals surface area contributed by atoms with Crippen LogP contribution in [-0.2, 0) is 0 Å². The number of hydrogen-bond donors (Lipinski definition) is 2. The lowest BCUT2D eigenvalue weighted by atomic mass is 9.93. The van der Waals surface area contributed by atoms with Gasteiger partial charge in [0.05, 0.1) is 0 Å². The van der Waals surface area contributed by atoms with Crippen LogP contribution in [0.3, 0.4) is 0 Å². The largest absolute Gasteiger partial charge is 0.352 e. The molecule has 0 saturated carbocycles. The Morgan fingerprint density at radius 2 is 1.72 bits per heavy atom. The Morgan fingerprint density at radius 3 is 2.59 bits per heavy atom. The lowest BCUT2D eigenvalue weighted by Crippen LogP contribution is -2.33. The van der Waals surface area contributed by atoms with Gasteiger partial charge in [-0.15, -0.1) is 0 Å². The Balaban J connectivity index is 1.20. The summed E-state index contributed by atoms with van der Waals surface area (Å²) in [7, 11) is 0. The molecule has 2 N–H and O–H groups in total. The molecule has 3 heteroatoms. The second-order valence-electron chi connectivity index (χ2n) is 7.72. The van der Waals surface area contributed by atoms with Crippen molar-refractivity contribution < 1.29 is 4.79 Å².